The summed E-state index contributed by atoms with van der Waals surface area (Å²) in [5, 5.41) is 1.26. The van der Waals surface area contributed by atoms with Crippen molar-refractivity contribution in [3.05, 3.63) is 95.2 Å². The number of rotatable bonds is 4. The third kappa shape index (κ3) is 3.56. The number of anilines is 1. The molecule has 1 aromatic heterocycles. The van der Waals surface area contributed by atoms with Crippen molar-refractivity contribution >= 4 is 34.3 Å². The van der Waals surface area contributed by atoms with Crippen LogP contribution in [0.3, 0.4) is 0 Å². The molecule has 0 saturated heterocycles. The molecule has 1 N–H and O–H groups in total. The Morgan fingerprint density at radius 3 is 2.56 bits per heavy atom. The highest BCUT2D eigenvalue weighted by atomic mass is 32.2. The molecule has 0 aliphatic carbocycles. The summed E-state index contributed by atoms with van der Waals surface area (Å²) < 4.78 is 0. The van der Waals surface area contributed by atoms with Crippen molar-refractivity contribution in [1.82, 2.24) is 9.88 Å². The van der Waals surface area contributed by atoms with E-state index in [9.17, 15) is 4.79 Å². The van der Waals surface area contributed by atoms with Crippen LogP contribution in [0, 0.1) is 0 Å². The molecule has 0 saturated carbocycles. The number of benzene rings is 3. The minimum atomic E-state index is -0.141. The molecule has 4 nitrogen and oxygen atoms in total. The van der Waals surface area contributed by atoms with Gasteiger partial charge < -0.3 is 14.8 Å². The number of H-pyrrole nitrogens is 1. The van der Waals surface area contributed by atoms with Gasteiger partial charge in [0, 0.05) is 53.4 Å². The number of hydrogen-bond donors (Lipinski definition) is 1. The Bertz CT molecular complexity index is 1280. The molecular formula is C27H27N3OS. The highest BCUT2D eigenvalue weighted by Crippen LogP contribution is 2.39. The minimum Gasteiger partial charge on any atom is -0.378 e. The van der Waals surface area contributed by atoms with E-state index in [0.29, 0.717) is 6.54 Å². The van der Waals surface area contributed by atoms with Crippen LogP contribution >= 0.6 is 11.8 Å². The van der Waals surface area contributed by atoms with Crippen LogP contribution in [0.25, 0.3) is 10.9 Å². The van der Waals surface area contributed by atoms with Gasteiger partial charge in [-0.05, 0) is 60.2 Å². The lowest BCUT2D eigenvalue weighted by Crippen LogP contribution is -2.40. The topological polar surface area (TPSA) is 39.3 Å². The summed E-state index contributed by atoms with van der Waals surface area (Å²) in [6.45, 7) is 0.689. The third-order valence-corrected chi connectivity index (χ3v) is 7.08. The lowest BCUT2D eigenvalue weighted by atomic mass is 9.91. The van der Waals surface area contributed by atoms with E-state index in [0.717, 1.165) is 34.4 Å². The SMILES string of the molecule is CSc1ccc([C@H]2c3[nH]c4ccccc4c3CCN2C(=O)c2cccc(N(C)C)c2)cc1. The van der Waals surface area contributed by atoms with Crippen LogP contribution in [0.1, 0.15) is 33.2 Å². The minimum absolute atomic E-state index is 0.0666. The molecule has 2 heterocycles. The fourth-order valence-corrected chi connectivity index (χ4v) is 5.08. The van der Waals surface area contributed by atoms with E-state index in [1.807, 2.05) is 48.2 Å². The van der Waals surface area contributed by atoms with Crippen molar-refractivity contribution < 1.29 is 4.79 Å². The van der Waals surface area contributed by atoms with E-state index < -0.39 is 0 Å². The summed E-state index contributed by atoms with van der Waals surface area (Å²) in [4.78, 5) is 22.7. The number of hydrogen-bond acceptors (Lipinski definition) is 3. The maximum Gasteiger partial charge on any atom is 0.254 e. The molecule has 1 amide bonds. The Balaban J connectivity index is 1.62. The average molecular weight is 442 g/mol. The van der Waals surface area contributed by atoms with E-state index in [4.69, 9.17) is 0 Å². The summed E-state index contributed by atoms with van der Waals surface area (Å²) in [5.74, 6) is 0.0666. The molecular weight excluding hydrogens is 414 g/mol. The van der Waals surface area contributed by atoms with E-state index in [1.165, 1.54) is 15.8 Å². The molecule has 0 fully saturated rings. The fraction of sp³-hybridized carbons (Fsp3) is 0.222. The van der Waals surface area contributed by atoms with Gasteiger partial charge in [-0.3, -0.25) is 4.79 Å². The quantitative estimate of drug-likeness (QED) is 0.410. The molecule has 0 unspecified atom stereocenters. The van der Waals surface area contributed by atoms with Gasteiger partial charge in [0.05, 0.1) is 6.04 Å². The monoisotopic (exact) mass is 441 g/mol. The summed E-state index contributed by atoms with van der Waals surface area (Å²) in [6, 6.07) is 24.8. The van der Waals surface area contributed by atoms with Crippen molar-refractivity contribution in [2.45, 2.75) is 17.4 Å². The Morgan fingerprint density at radius 1 is 1.03 bits per heavy atom. The number of nitrogens with zero attached hydrogens (tertiary/aromatic N) is 2. The molecule has 162 valence electrons. The van der Waals surface area contributed by atoms with Crippen LogP contribution in [0.4, 0.5) is 5.69 Å². The molecule has 5 heteroatoms. The number of amides is 1. The maximum atomic E-state index is 13.8. The molecule has 0 radical (unpaired) electrons. The molecule has 1 aliphatic heterocycles. The second kappa shape index (κ2) is 8.40. The van der Waals surface area contributed by atoms with Crippen LogP contribution in [0.2, 0.25) is 0 Å². The van der Waals surface area contributed by atoms with Gasteiger partial charge in [-0.1, -0.05) is 36.4 Å². The lowest BCUT2D eigenvalue weighted by molar-refractivity contribution is 0.0692. The highest BCUT2D eigenvalue weighted by molar-refractivity contribution is 7.98. The van der Waals surface area contributed by atoms with Gasteiger partial charge in [0.25, 0.3) is 5.91 Å². The zero-order chi connectivity index (χ0) is 22.2. The Kier molecular flexibility index (Phi) is 5.43. The average Bonchev–Trinajstić information content (AvgIpc) is 3.22. The van der Waals surface area contributed by atoms with Gasteiger partial charge in [0.15, 0.2) is 0 Å². The Morgan fingerprint density at radius 2 is 1.81 bits per heavy atom. The van der Waals surface area contributed by atoms with Crippen molar-refractivity contribution in [1.29, 1.82) is 0 Å². The molecule has 3 aromatic carbocycles. The predicted octanol–water partition coefficient (Wildman–Crippen LogP) is 5.74. The largest absolute Gasteiger partial charge is 0.378 e. The summed E-state index contributed by atoms with van der Waals surface area (Å²) in [6.07, 6.45) is 2.93. The molecule has 0 spiro atoms. The highest BCUT2D eigenvalue weighted by Gasteiger charge is 2.35. The van der Waals surface area contributed by atoms with Crippen molar-refractivity contribution in [3.8, 4) is 0 Å². The number of carbonyl (C=O) groups is 1. The third-order valence-electron chi connectivity index (χ3n) is 6.34. The molecule has 1 aliphatic rings. The van der Waals surface area contributed by atoms with E-state index in [2.05, 4.69) is 59.8 Å². The zero-order valence-electron chi connectivity index (χ0n) is 18.6. The van der Waals surface area contributed by atoms with Gasteiger partial charge in [-0.25, -0.2) is 0 Å². The van der Waals surface area contributed by atoms with Crippen molar-refractivity contribution in [2.24, 2.45) is 0 Å². The molecule has 5 rings (SSSR count). The predicted molar refractivity (Wildman–Crippen MR) is 134 cm³/mol. The number of thioether (sulfide) groups is 1. The number of para-hydroxylation sites is 1. The first kappa shape index (κ1) is 20.7. The number of carbonyl (C=O) groups excluding carboxylic acids is 1. The van der Waals surface area contributed by atoms with Gasteiger partial charge in [0.2, 0.25) is 0 Å². The first-order valence-electron chi connectivity index (χ1n) is 10.9. The number of aromatic amines is 1. The van der Waals surface area contributed by atoms with Crippen LogP contribution in [-0.4, -0.2) is 42.7 Å². The summed E-state index contributed by atoms with van der Waals surface area (Å²) >= 11 is 1.73. The van der Waals surface area contributed by atoms with Crippen molar-refractivity contribution in [3.63, 3.8) is 0 Å². The van der Waals surface area contributed by atoms with Crippen molar-refractivity contribution in [2.75, 3.05) is 31.8 Å². The second-order valence-corrected chi connectivity index (χ2v) is 9.31. The van der Waals surface area contributed by atoms with E-state index >= 15 is 0 Å². The molecule has 1 atom stereocenters. The van der Waals surface area contributed by atoms with Crippen LogP contribution in [0.5, 0.6) is 0 Å². The smallest absolute Gasteiger partial charge is 0.254 e. The van der Waals surface area contributed by atoms with Gasteiger partial charge in [-0.2, -0.15) is 0 Å². The summed E-state index contributed by atoms with van der Waals surface area (Å²) in [7, 11) is 3.99. The van der Waals surface area contributed by atoms with Crippen LogP contribution in [-0.2, 0) is 6.42 Å². The molecule has 32 heavy (non-hydrogen) atoms. The van der Waals surface area contributed by atoms with Crippen LogP contribution in [0.15, 0.2) is 77.7 Å². The molecule has 4 aromatic rings. The lowest BCUT2D eigenvalue weighted by Gasteiger charge is -2.36. The van der Waals surface area contributed by atoms with Gasteiger partial charge >= 0.3 is 0 Å². The number of fused-ring (bicyclic) bond motifs is 3. The second-order valence-electron chi connectivity index (χ2n) is 8.43. The number of nitrogens with one attached hydrogen (secondary N) is 1. The summed E-state index contributed by atoms with van der Waals surface area (Å²) in [5.41, 5.74) is 6.47. The first-order chi connectivity index (χ1) is 15.6. The standard InChI is InChI=1S/C27H27N3OS/c1-29(2)20-8-6-7-19(17-20)27(31)30-16-15-23-22-9-4-5-10-24(22)28-25(23)26(30)18-11-13-21(32-3)14-12-18/h4-14,17,26,28H,15-16H2,1-3H3/t26-/m0/s1. The van der Waals surface area contributed by atoms with E-state index in [1.54, 1.807) is 11.8 Å². The maximum absolute atomic E-state index is 13.8. The first-order valence-corrected chi connectivity index (χ1v) is 12.1. The van der Waals surface area contributed by atoms with Crippen LogP contribution < -0.4 is 4.90 Å². The normalized spacial score (nSPS) is 15.6. The Labute approximate surface area is 193 Å². The van der Waals surface area contributed by atoms with E-state index in [-0.39, 0.29) is 11.9 Å². The molecule has 0 bridgehead atoms. The van der Waals surface area contributed by atoms with Gasteiger partial charge in [-0.15, -0.1) is 11.8 Å². The zero-order valence-corrected chi connectivity index (χ0v) is 19.4. The number of aromatic nitrogens is 1. The Hall–Kier alpha value is -3.18. The van der Waals surface area contributed by atoms with Gasteiger partial charge in [0.1, 0.15) is 0 Å². The fourth-order valence-electron chi connectivity index (χ4n) is 4.68.